The molecule has 1 aromatic carbocycles. The van der Waals surface area contributed by atoms with Gasteiger partial charge in [0, 0.05) is 33.2 Å². The van der Waals surface area contributed by atoms with Crippen LogP contribution in [-0.4, -0.2) is 16.0 Å². The van der Waals surface area contributed by atoms with Crippen molar-refractivity contribution in [2.24, 2.45) is 5.73 Å². The molecule has 0 saturated carbocycles. The average Bonchev–Trinajstić information content (AvgIpc) is 2.23. The van der Waals surface area contributed by atoms with E-state index in [-0.39, 0.29) is 17.6 Å². The molecule has 0 aliphatic rings. The second-order valence-corrected chi connectivity index (χ2v) is 5.59. The monoisotopic (exact) mass is 263 g/mol. The number of halogens is 2. The van der Waals surface area contributed by atoms with Crippen LogP contribution in [0.2, 0.25) is 5.02 Å². The Balaban J connectivity index is 2.65. The van der Waals surface area contributed by atoms with E-state index in [9.17, 15) is 8.60 Å². The van der Waals surface area contributed by atoms with Crippen LogP contribution in [0.25, 0.3) is 0 Å². The Hall–Kier alpha value is -0.450. The second-order valence-electron chi connectivity index (χ2n) is 3.65. The summed E-state index contributed by atoms with van der Waals surface area (Å²) < 4.78 is 25.0. The van der Waals surface area contributed by atoms with Gasteiger partial charge in [0.05, 0.1) is 5.75 Å². The highest BCUT2D eigenvalue weighted by molar-refractivity contribution is 7.84. The summed E-state index contributed by atoms with van der Waals surface area (Å²) in [5.74, 6) is 0.186. The molecule has 2 N–H and O–H groups in total. The number of hydrogen-bond donors (Lipinski definition) is 1. The molecule has 5 heteroatoms. The van der Waals surface area contributed by atoms with E-state index in [1.54, 1.807) is 0 Å². The van der Waals surface area contributed by atoms with Crippen LogP contribution in [0.1, 0.15) is 18.9 Å². The van der Waals surface area contributed by atoms with Gasteiger partial charge in [-0.2, -0.15) is 0 Å². The first kappa shape index (κ1) is 13.6. The first-order valence-electron chi connectivity index (χ1n) is 5.07. The SMILES string of the molecule is CCC(N)CS(=O)Cc1cc(Cl)ccc1F. The van der Waals surface area contributed by atoms with E-state index in [1.165, 1.54) is 18.2 Å². The summed E-state index contributed by atoms with van der Waals surface area (Å²) in [5, 5.41) is 0.452. The van der Waals surface area contributed by atoms with E-state index >= 15 is 0 Å². The number of rotatable bonds is 5. The van der Waals surface area contributed by atoms with Crippen molar-refractivity contribution in [3.05, 3.63) is 34.6 Å². The maximum Gasteiger partial charge on any atom is 0.127 e. The summed E-state index contributed by atoms with van der Waals surface area (Å²) >= 11 is 5.74. The van der Waals surface area contributed by atoms with Crippen molar-refractivity contribution in [1.82, 2.24) is 0 Å². The van der Waals surface area contributed by atoms with Crippen molar-refractivity contribution in [2.45, 2.75) is 25.1 Å². The predicted molar refractivity (Wildman–Crippen MR) is 66.4 cm³/mol. The lowest BCUT2D eigenvalue weighted by molar-refractivity contribution is 0.614. The molecule has 0 radical (unpaired) electrons. The predicted octanol–water partition coefficient (Wildman–Crippen LogP) is 2.47. The number of hydrogen-bond acceptors (Lipinski definition) is 2. The van der Waals surface area contributed by atoms with Crippen molar-refractivity contribution >= 4 is 22.4 Å². The zero-order valence-electron chi connectivity index (χ0n) is 9.08. The molecule has 0 spiro atoms. The topological polar surface area (TPSA) is 43.1 Å². The van der Waals surface area contributed by atoms with Crippen LogP contribution >= 0.6 is 11.6 Å². The summed E-state index contributed by atoms with van der Waals surface area (Å²) in [4.78, 5) is 0. The maximum atomic E-state index is 13.3. The summed E-state index contributed by atoms with van der Waals surface area (Å²) in [5.41, 5.74) is 6.07. The molecule has 2 atom stereocenters. The van der Waals surface area contributed by atoms with Crippen LogP contribution in [0.4, 0.5) is 4.39 Å². The largest absolute Gasteiger partial charge is 0.327 e. The Morgan fingerprint density at radius 2 is 2.25 bits per heavy atom. The lowest BCUT2D eigenvalue weighted by Crippen LogP contribution is -2.26. The zero-order valence-corrected chi connectivity index (χ0v) is 10.7. The van der Waals surface area contributed by atoms with Gasteiger partial charge in [0.15, 0.2) is 0 Å². The lowest BCUT2D eigenvalue weighted by atomic mass is 10.2. The molecule has 0 fully saturated rings. The fourth-order valence-corrected chi connectivity index (χ4v) is 2.84. The molecular weight excluding hydrogens is 249 g/mol. The zero-order chi connectivity index (χ0) is 12.1. The Labute approximate surface area is 102 Å². The van der Waals surface area contributed by atoms with Gasteiger partial charge >= 0.3 is 0 Å². The minimum absolute atomic E-state index is 0.0944. The number of benzene rings is 1. The van der Waals surface area contributed by atoms with Gasteiger partial charge in [0.1, 0.15) is 5.82 Å². The fraction of sp³-hybridized carbons (Fsp3) is 0.455. The van der Waals surface area contributed by atoms with Crippen LogP contribution in [0.3, 0.4) is 0 Å². The van der Waals surface area contributed by atoms with Gasteiger partial charge < -0.3 is 5.73 Å². The molecule has 0 bridgehead atoms. The molecule has 16 heavy (non-hydrogen) atoms. The first-order chi connectivity index (χ1) is 7.52. The van der Waals surface area contributed by atoms with Gasteiger partial charge in [0.2, 0.25) is 0 Å². The van der Waals surface area contributed by atoms with E-state index in [0.717, 1.165) is 6.42 Å². The van der Waals surface area contributed by atoms with Crippen LogP contribution in [0.15, 0.2) is 18.2 Å². The van der Waals surface area contributed by atoms with Gasteiger partial charge in [-0.05, 0) is 24.6 Å². The molecule has 90 valence electrons. The molecule has 0 aliphatic carbocycles. The quantitative estimate of drug-likeness (QED) is 0.887. The molecule has 2 unspecified atom stereocenters. The fourth-order valence-electron chi connectivity index (χ4n) is 1.24. The third-order valence-electron chi connectivity index (χ3n) is 2.25. The Bertz CT molecular complexity index is 386. The van der Waals surface area contributed by atoms with E-state index < -0.39 is 10.8 Å². The Morgan fingerprint density at radius 3 is 2.88 bits per heavy atom. The van der Waals surface area contributed by atoms with Crippen LogP contribution < -0.4 is 5.73 Å². The molecule has 0 amide bonds. The highest BCUT2D eigenvalue weighted by Gasteiger charge is 2.10. The van der Waals surface area contributed by atoms with Gasteiger partial charge in [0.25, 0.3) is 0 Å². The van der Waals surface area contributed by atoms with Crippen LogP contribution in [0.5, 0.6) is 0 Å². The Morgan fingerprint density at radius 1 is 1.56 bits per heavy atom. The third kappa shape index (κ3) is 4.20. The van der Waals surface area contributed by atoms with Gasteiger partial charge in [-0.1, -0.05) is 18.5 Å². The Kier molecular flexibility index (Phi) is 5.38. The van der Waals surface area contributed by atoms with Gasteiger partial charge in [-0.15, -0.1) is 0 Å². The molecule has 1 aromatic rings. The summed E-state index contributed by atoms with van der Waals surface area (Å²) in [7, 11) is -1.14. The van der Waals surface area contributed by atoms with Gasteiger partial charge in [-0.3, -0.25) is 4.21 Å². The van der Waals surface area contributed by atoms with Crippen LogP contribution in [0, 0.1) is 5.82 Å². The molecule has 0 saturated heterocycles. The molecule has 2 nitrogen and oxygen atoms in total. The molecule has 1 rings (SSSR count). The molecular formula is C11H15ClFNOS. The van der Waals surface area contributed by atoms with Crippen molar-refractivity contribution in [1.29, 1.82) is 0 Å². The summed E-state index contributed by atoms with van der Waals surface area (Å²) in [6, 6.07) is 4.17. The summed E-state index contributed by atoms with van der Waals surface area (Å²) in [6.07, 6.45) is 0.768. The number of nitrogens with two attached hydrogens (primary N) is 1. The van der Waals surface area contributed by atoms with E-state index in [0.29, 0.717) is 16.3 Å². The molecule has 0 aromatic heterocycles. The lowest BCUT2D eigenvalue weighted by Gasteiger charge is -2.09. The van der Waals surface area contributed by atoms with Crippen molar-refractivity contribution in [2.75, 3.05) is 5.75 Å². The van der Waals surface area contributed by atoms with Crippen molar-refractivity contribution in [3.8, 4) is 0 Å². The highest BCUT2D eigenvalue weighted by Crippen LogP contribution is 2.16. The minimum atomic E-state index is -1.14. The van der Waals surface area contributed by atoms with Crippen molar-refractivity contribution in [3.63, 3.8) is 0 Å². The molecule has 0 heterocycles. The third-order valence-corrected chi connectivity index (χ3v) is 3.92. The van der Waals surface area contributed by atoms with E-state index in [2.05, 4.69) is 0 Å². The van der Waals surface area contributed by atoms with Crippen molar-refractivity contribution < 1.29 is 8.60 Å². The smallest absolute Gasteiger partial charge is 0.127 e. The minimum Gasteiger partial charge on any atom is -0.327 e. The first-order valence-corrected chi connectivity index (χ1v) is 6.94. The average molecular weight is 264 g/mol. The van der Waals surface area contributed by atoms with E-state index in [1.807, 2.05) is 6.92 Å². The standard InChI is InChI=1S/C11H15ClFNOS/c1-2-10(14)7-16(15)6-8-5-9(12)3-4-11(8)13/h3-5,10H,2,6-7,14H2,1H3. The normalized spacial score (nSPS) is 14.8. The van der Waals surface area contributed by atoms with E-state index in [4.69, 9.17) is 17.3 Å². The molecule has 0 aliphatic heterocycles. The maximum absolute atomic E-state index is 13.3. The highest BCUT2D eigenvalue weighted by atomic mass is 35.5. The summed E-state index contributed by atoms with van der Waals surface area (Å²) in [6.45, 7) is 1.93. The van der Waals surface area contributed by atoms with Gasteiger partial charge in [-0.25, -0.2) is 4.39 Å². The second kappa shape index (κ2) is 6.33. The van der Waals surface area contributed by atoms with Crippen LogP contribution in [-0.2, 0) is 16.6 Å².